The van der Waals surface area contributed by atoms with Gasteiger partial charge in [-0.05, 0) is 31.7 Å². The average molecular weight is 204 g/mol. The van der Waals surface area contributed by atoms with Crippen LogP contribution >= 0.6 is 0 Å². The standard InChI is InChI=1S/C12H16N2O/c15-11(9-2-1-7-13-8-9)12-5-3-10(14-12)4-6-12/h1-2,7-8,10-11,14-15H,3-6H2. The summed E-state index contributed by atoms with van der Waals surface area (Å²) in [5.41, 5.74) is 0.876. The molecular weight excluding hydrogens is 188 g/mol. The van der Waals surface area contributed by atoms with E-state index in [0.29, 0.717) is 6.04 Å². The van der Waals surface area contributed by atoms with Crippen LogP contribution in [0.15, 0.2) is 24.5 Å². The maximum Gasteiger partial charge on any atom is 0.0986 e. The lowest BCUT2D eigenvalue weighted by Crippen LogP contribution is -2.42. The molecule has 0 aliphatic carbocycles. The number of aliphatic hydroxyl groups excluding tert-OH is 1. The zero-order chi connectivity index (χ0) is 10.3. The van der Waals surface area contributed by atoms with Gasteiger partial charge in [-0.1, -0.05) is 6.07 Å². The lowest BCUT2D eigenvalue weighted by atomic mass is 9.81. The van der Waals surface area contributed by atoms with Crippen LogP contribution in [0, 0.1) is 0 Å². The zero-order valence-electron chi connectivity index (χ0n) is 8.69. The van der Waals surface area contributed by atoms with Crippen molar-refractivity contribution in [3.8, 4) is 0 Å². The van der Waals surface area contributed by atoms with Crippen LogP contribution in [0.5, 0.6) is 0 Å². The molecule has 1 atom stereocenters. The Bertz CT molecular complexity index is 344. The molecule has 3 rings (SSSR count). The lowest BCUT2D eigenvalue weighted by Gasteiger charge is -2.31. The normalized spacial score (nSPS) is 35.7. The Morgan fingerprint density at radius 1 is 1.47 bits per heavy atom. The molecule has 15 heavy (non-hydrogen) atoms. The molecule has 2 fully saturated rings. The SMILES string of the molecule is OC(c1cccnc1)C12CCC(CC1)N2. The second-order valence-corrected chi connectivity index (χ2v) is 4.76. The second kappa shape index (κ2) is 3.29. The quantitative estimate of drug-likeness (QED) is 0.765. The Hall–Kier alpha value is -0.930. The van der Waals surface area contributed by atoms with Gasteiger partial charge in [-0.3, -0.25) is 4.98 Å². The maximum atomic E-state index is 10.4. The van der Waals surface area contributed by atoms with Gasteiger partial charge in [-0.25, -0.2) is 0 Å². The van der Waals surface area contributed by atoms with Crippen LogP contribution < -0.4 is 5.32 Å². The molecule has 0 aromatic carbocycles. The Morgan fingerprint density at radius 2 is 2.27 bits per heavy atom. The van der Waals surface area contributed by atoms with Gasteiger partial charge in [0.25, 0.3) is 0 Å². The third-order valence-corrected chi connectivity index (χ3v) is 3.89. The lowest BCUT2D eigenvalue weighted by molar-refractivity contribution is 0.0738. The van der Waals surface area contributed by atoms with Gasteiger partial charge in [0, 0.05) is 29.5 Å². The highest BCUT2D eigenvalue weighted by Crippen LogP contribution is 2.44. The van der Waals surface area contributed by atoms with Gasteiger partial charge in [0.15, 0.2) is 0 Å². The van der Waals surface area contributed by atoms with Crippen molar-refractivity contribution in [2.75, 3.05) is 0 Å². The van der Waals surface area contributed by atoms with Gasteiger partial charge in [0.05, 0.1) is 6.10 Å². The number of fused-ring (bicyclic) bond motifs is 2. The van der Waals surface area contributed by atoms with E-state index >= 15 is 0 Å². The first-order chi connectivity index (χ1) is 7.30. The van der Waals surface area contributed by atoms with Crippen molar-refractivity contribution in [3.63, 3.8) is 0 Å². The van der Waals surface area contributed by atoms with Crippen molar-refractivity contribution < 1.29 is 5.11 Å². The predicted octanol–water partition coefficient (Wildman–Crippen LogP) is 1.40. The summed E-state index contributed by atoms with van der Waals surface area (Å²) in [5.74, 6) is 0. The average Bonchev–Trinajstić information content (AvgIpc) is 2.90. The van der Waals surface area contributed by atoms with Crippen LogP contribution in [0.4, 0.5) is 0 Å². The van der Waals surface area contributed by atoms with Crippen molar-refractivity contribution in [2.45, 2.75) is 43.4 Å². The summed E-state index contributed by atoms with van der Waals surface area (Å²) in [7, 11) is 0. The Balaban J connectivity index is 1.88. The molecule has 1 unspecified atom stereocenters. The van der Waals surface area contributed by atoms with Gasteiger partial charge in [0.2, 0.25) is 0 Å². The first-order valence-electron chi connectivity index (χ1n) is 5.66. The number of rotatable bonds is 2. The number of aromatic nitrogens is 1. The minimum Gasteiger partial charge on any atom is -0.386 e. The van der Waals surface area contributed by atoms with Crippen LogP contribution in [0.25, 0.3) is 0 Å². The molecule has 2 saturated heterocycles. The summed E-state index contributed by atoms with van der Waals surface area (Å²) in [4.78, 5) is 4.07. The van der Waals surface area contributed by atoms with Crippen LogP contribution in [0.2, 0.25) is 0 Å². The summed E-state index contributed by atoms with van der Waals surface area (Å²) in [6.07, 6.45) is 7.70. The molecule has 2 bridgehead atoms. The zero-order valence-corrected chi connectivity index (χ0v) is 8.69. The van der Waals surface area contributed by atoms with E-state index in [1.807, 2.05) is 12.1 Å². The molecule has 3 nitrogen and oxygen atoms in total. The van der Waals surface area contributed by atoms with E-state index in [-0.39, 0.29) is 5.54 Å². The van der Waals surface area contributed by atoms with Crippen LogP contribution in [-0.2, 0) is 0 Å². The summed E-state index contributed by atoms with van der Waals surface area (Å²) >= 11 is 0. The monoisotopic (exact) mass is 204 g/mol. The number of hydrogen-bond acceptors (Lipinski definition) is 3. The predicted molar refractivity (Wildman–Crippen MR) is 57.3 cm³/mol. The molecule has 0 spiro atoms. The highest BCUT2D eigenvalue weighted by molar-refractivity contribution is 5.21. The number of aliphatic hydroxyl groups is 1. The fraction of sp³-hybridized carbons (Fsp3) is 0.583. The van der Waals surface area contributed by atoms with Crippen molar-refractivity contribution in [3.05, 3.63) is 30.1 Å². The molecule has 2 aliphatic rings. The molecule has 80 valence electrons. The minimum absolute atomic E-state index is 0.0618. The number of pyridine rings is 1. The molecule has 0 saturated carbocycles. The van der Waals surface area contributed by atoms with Crippen LogP contribution in [0.1, 0.15) is 37.4 Å². The van der Waals surface area contributed by atoms with Gasteiger partial charge < -0.3 is 10.4 Å². The Kier molecular flexibility index (Phi) is 2.04. The van der Waals surface area contributed by atoms with E-state index < -0.39 is 6.10 Å². The molecule has 3 heterocycles. The largest absolute Gasteiger partial charge is 0.386 e. The van der Waals surface area contributed by atoms with Crippen molar-refractivity contribution >= 4 is 0 Å². The van der Waals surface area contributed by atoms with Gasteiger partial charge >= 0.3 is 0 Å². The number of hydrogen-bond donors (Lipinski definition) is 2. The first-order valence-corrected chi connectivity index (χ1v) is 5.66. The Labute approximate surface area is 89.5 Å². The number of nitrogens with zero attached hydrogens (tertiary/aromatic N) is 1. The molecule has 2 aliphatic heterocycles. The molecule has 2 N–H and O–H groups in total. The molecule has 0 amide bonds. The molecule has 1 aromatic rings. The topological polar surface area (TPSA) is 45.2 Å². The fourth-order valence-corrected chi connectivity index (χ4v) is 3.04. The molecule has 3 heteroatoms. The van der Waals surface area contributed by atoms with Crippen molar-refractivity contribution in [2.24, 2.45) is 0 Å². The third-order valence-electron chi connectivity index (χ3n) is 3.89. The second-order valence-electron chi connectivity index (χ2n) is 4.76. The van der Waals surface area contributed by atoms with E-state index in [0.717, 1.165) is 18.4 Å². The van der Waals surface area contributed by atoms with Gasteiger partial charge in [0.1, 0.15) is 0 Å². The molecule has 1 aromatic heterocycles. The minimum atomic E-state index is -0.404. The van der Waals surface area contributed by atoms with Crippen LogP contribution in [-0.4, -0.2) is 21.7 Å². The summed E-state index contributed by atoms with van der Waals surface area (Å²) in [6, 6.07) is 4.48. The highest BCUT2D eigenvalue weighted by Gasteiger charge is 2.49. The highest BCUT2D eigenvalue weighted by atomic mass is 16.3. The fourth-order valence-electron chi connectivity index (χ4n) is 3.04. The first kappa shape index (κ1) is 9.31. The smallest absolute Gasteiger partial charge is 0.0986 e. The number of nitrogens with one attached hydrogen (secondary N) is 1. The molecule has 0 radical (unpaired) electrons. The summed E-state index contributed by atoms with van der Waals surface area (Å²) < 4.78 is 0. The van der Waals surface area contributed by atoms with Crippen LogP contribution in [0.3, 0.4) is 0 Å². The Morgan fingerprint density at radius 3 is 2.80 bits per heavy atom. The van der Waals surface area contributed by atoms with E-state index in [2.05, 4.69) is 10.3 Å². The van der Waals surface area contributed by atoms with E-state index in [4.69, 9.17) is 0 Å². The van der Waals surface area contributed by atoms with E-state index in [1.54, 1.807) is 12.4 Å². The summed E-state index contributed by atoms with van der Waals surface area (Å²) in [6.45, 7) is 0. The van der Waals surface area contributed by atoms with Gasteiger partial charge in [-0.2, -0.15) is 0 Å². The summed E-state index contributed by atoms with van der Waals surface area (Å²) in [5, 5.41) is 14.0. The molecular formula is C12H16N2O. The van der Waals surface area contributed by atoms with E-state index in [1.165, 1.54) is 12.8 Å². The van der Waals surface area contributed by atoms with Crippen molar-refractivity contribution in [1.29, 1.82) is 0 Å². The van der Waals surface area contributed by atoms with Gasteiger partial charge in [-0.15, -0.1) is 0 Å². The van der Waals surface area contributed by atoms with E-state index in [9.17, 15) is 5.11 Å². The van der Waals surface area contributed by atoms with Crippen molar-refractivity contribution in [1.82, 2.24) is 10.3 Å². The third kappa shape index (κ3) is 1.38. The maximum absolute atomic E-state index is 10.4.